The fourth-order valence-electron chi connectivity index (χ4n) is 3.30. The normalized spacial score (nSPS) is 12.2. The summed E-state index contributed by atoms with van der Waals surface area (Å²) in [4.78, 5) is 9.65. The summed E-state index contributed by atoms with van der Waals surface area (Å²) in [7, 11) is 5.09. The number of benzene rings is 2. The second kappa shape index (κ2) is 10.5. The predicted octanol–water partition coefficient (Wildman–Crippen LogP) is 4.60. The van der Waals surface area contributed by atoms with Crippen LogP contribution in [0, 0.1) is 18.8 Å². The molecule has 0 bridgehead atoms. The highest BCUT2D eigenvalue weighted by Gasteiger charge is 2.31. The van der Waals surface area contributed by atoms with Crippen molar-refractivity contribution in [2.75, 3.05) is 32.3 Å². The van der Waals surface area contributed by atoms with E-state index >= 15 is 0 Å². The average molecular weight is 470 g/mol. The molecule has 178 valence electrons. The van der Waals surface area contributed by atoms with Crippen LogP contribution >= 0.6 is 0 Å². The molecule has 9 heteroatoms. The third kappa shape index (κ3) is 6.70. The first kappa shape index (κ1) is 25.0. The Balaban J connectivity index is 1.91. The van der Waals surface area contributed by atoms with Crippen molar-refractivity contribution >= 4 is 11.6 Å². The number of aromatic nitrogens is 2. The van der Waals surface area contributed by atoms with E-state index in [-0.39, 0.29) is 5.95 Å². The Morgan fingerprint density at radius 3 is 2.41 bits per heavy atom. The van der Waals surface area contributed by atoms with Crippen molar-refractivity contribution in [2.45, 2.75) is 25.9 Å². The third-order valence-electron chi connectivity index (χ3n) is 4.93. The molecule has 0 saturated heterocycles. The highest BCUT2D eigenvalue weighted by atomic mass is 19.4. The molecule has 1 aromatic heterocycles. The topological polar surface area (TPSA) is 76.3 Å². The Morgan fingerprint density at radius 1 is 1.09 bits per heavy atom. The molecule has 3 N–H and O–H groups in total. The van der Waals surface area contributed by atoms with Crippen LogP contribution in [0.15, 0.2) is 48.8 Å². The molecule has 0 aliphatic rings. The van der Waals surface area contributed by atoms with Crippen LogP contribution in [-0.2, 0) is 17.5 Å². The number of anilines is 2. The number of halogens is 3. The van der Waals surface area contributed by atoms with E-state index in [4.69, 9.17) is 10.5 Å². The summed E-state index contributed by atoms with van der Waals surface area (Å²) in [6.07, 6.45) is -2.07. The molecule has 3 aromatic rings. The maximum atomic E-state index is 13.5. The number of ether oxygens (including phenoxy) is 1. The Kier molecular flexibility index (Phi) is 7.76. The summed E-state index contributed by atoms with van der Waals surface area (Å²) in [5.74, 6) is 6.24. The summed E-state index contributed by atoms with van der Waals surface area (Å²) in [6, 6.07) is 9.51. The minimum Gasteiger partial charge on any atom is -0.368 e. The van der Waals surface area contributed by atoms with Gasteiger partial charge in [-0.15, -0.1) is 0 Å². The number of alkyl halides is 3. The molecule has 6 nitrogen and oxygen atoms in total. The zero-order chi connectivity index (χ0) is 24.9. The Labute approximate surface area is 197 Å². The standard InChI is InChI=1S/C25H26F3N5O/c1-16-5-7-20(11-19(16)8-6-17-13-30-24(29)31-14-17)23(34-4)32-22-10-18(15-33(2)3)9-21(12-22)25(26,27)28/h5,7,9-14,23,32H,15H2,1-4H3,(H2,29,30,31). The van der Waals surface area contributed by atoms with Gasteiger partial charge in [0.1, 0.15) is 0 Å². The largest absolute Gasteiger partial charge is 0.416 e. The second-order valence-electron chi connectivity index (χ2n) is 8.07. The van der Waals surface area contributed by atoms with Gasteiger partial charge in [0.05, 0.1) is 11.1 Å². The van der Waals surface area contributed by atoms with Crippen molar-refractivity contribution in [2.24, 2.45) is 0 Å². The zero-order valence-corrected chi connectivity index (χ0v) is 19.4. The molecule has 2 aromatic carbocycles. The van der Waals surface area contributed by atoms with Gasteiger partial charge in [0.2, 0.25) is 5.95 Å². The molecule has 1 unspecified atom stereocenters. The monoisotopic (exact) mass is 469 g/mol. The van der Waals surface area contributed by atoms with Gasteiger partial charge in [-0.25, -0.2) is 9.97 Å². The van der Waals surface area contributed by atoms with E-state index in [9.17, 15) is 13.2 Å². The highest BCUT2D eigenvalue weighted by molar-refractivity contribution is 5.52. The van der Waals surface area contributed by atoms with Crippen LogP contribution in [-0.4, -0.2) is 36.1 Å². The lowest BCUT2D eigenvalue weighted by molar-refractivity contribution is -0.137. The smallest absolute Gasteiger partial charge is 0.368 e. The Bertz CT molecular complexity index is 1200. The van der Waals surface area contributed by atoms with Gasteiger partial charge < -0.3 is 20.7 Å². The third-order valence-corrected chi connectivity index (χ3v) is 4.93. The van der Waals surface area contributed by atoms with Crippen molar-refractivity contribution in [1.82, 2.24) is 14.9 Å². The molecule has 0 amide bonds. The van der Waals surface area contributed by atoms with Gasteiger partial charge in [-0.2, -0.15) is 13.2 Å². The van der Waals surface area contributed by atoms with Crippen molar-refractivity contribution in [3.63, 3.8) is 0 Å². The van der Waals surface area contributed by atoms with Crippen molar-refractivity contribution in [3.05, 3.63) is 82.2 Å². The maximum Gasteiger partial charge on any atom is 0.416 e. The summed E-state index contributed by atoms with van der Waals surface area (Å²) >= 11 is 0. The lowest BCUT2D eigenvalue weighted by atomic mass is 10.0. The number of nitrogens with two attached hydrogens (primary N) is 1. The summed E-state index contributed by atoms with van der Waals surface area (Å²) < 4.78 is 46.0. The molecule has 1 heterocycles. The van der Waals surface area contributed by atoms with E-state index in [1.54, 1.807) is 20.2 Å². The van der Waals surface area contributed by atoms with Gasteiger partial charge in [0.25, 0.3) is 0 Å². The van der Waals surface area contributed by atoms with Crippen LogP contribution in [0.3, 0.4) is 0 Å². The lowest BCUT2D eigenvalue weighted by Gasteiger charge is -2.22. The van der Waals surface area contributed by atoms with Crippen LogP contribution < -0.4 is 11.1 Å². The average Bonchev–Trinajstić information content (AvgIpc) is 2.77. The summed E-state index contributed by atoms with van der Waals surface area (Å²) in [5.41, 5.74) is 8.65. The van der Waals surface area contributed by atoms with Crippen molar-refractivity contribution in [1.29, 1.82) is 0 Å². The quantitative estimate of drug-likeness (QED) is 0.406. The number of aryl methyl sites for hydroxylation is 1. The molecular weight excluding hydrogens is 443 g/mol. The number of nitrogens with zero attached hydrogens (tertiary/aromatic N) is 3. The molecular formula is C25H26F3N5O. The number of hydrogen-bond acceptors (Lipinski definition) is 6. The van der Waals surface area contributed by atoms with E-state index in [1.165, 1.54) is 19.5 Å². The van der Waals surface area contributed by atoms with Gasteiger partial charge >= 0.3 is 6.18 Å². The van der Waals surface area contributed by atoms with E-state index in [2.05, 4.69) is 27.1 Å². The minimum absolute atomic E-state index is 0.168. The molecule has 0 spiro atoms. The first-order valence-corrected chi connectivity index (χ1v) is 10.4. The Hall–Kier alpha value is -3.61. The molecule has 3 rings (SSSR count). The number of hydrogen-bond donors (Lipinski definition) is 2. The molecule has 0 radical (unpaired) electrons. The lowest BCUT2D eigenvalue weighted by Crippen LogP contribution is -2.16. The molecule has 0 saturated carbocycles. The van der Waals surface area contributed by atoms with E-state index < -0.39 is 18.0 Å². The highest BCUT2D eigenvalue weighted by Crippen LogP contribution is 2.33. The van der Waals surface area contributed by atoms with Crippen LogP contribution in [0.1, 0.15) is 39.6 Å². The summed E-state index contributed by atoms with van der Waals surface area (Å²) in [6.45, 7) is 2.29. The van der Waals surface area contributed by atoms with E-state index in [1.807, 2.05) is 30.0 Å². The SMILES string of the molecule is COC(Nc1cc(CN(C)C)cc(C(F)(F)F)c1)c1ccc(C)c(C#Cc2cnc(N)nc2)c1. The van der Waals surface area contributed by atoms with Crippen molar-refractivity contribution in [3.8, 4) is 11.8 Å². The molecule has 0 aliphatic heterocycles. The molecule has 34 heavy (non-hydrogen) atoms. The fraction of sp³-hybridized carbons (Fsp3) is 0.280. The van der Waals surface area contributed by atoms with Crippen molar-refractivity contribution < 1.29 is 17.9 Å². The number of nitrogens with one attached hydrogen (secondary N) is 1. The van der Waals surface area contributed by atoms with Gasteiger partial charge in [0, 0.05) is 42.9 Å². The maximum absolute atomic E-state index is 13.5. The van der Waals surface area contributed by atoms with Gasteiger partial charge in [-0.3, -0.25) is 0 Å². The fourth-order valence-corrected chi connectivity index (χ4v) is 3.30. The van der Waals surface area contributed by atoms with Crippen LogP contribution in [0.25, 0.3) is 0 Å². The zero-order valence-electron chi connectivity index (χ0n) is 19.4. The first-order valence-electron chi connectivity index (χ1n) is 10.4. The molecule has 0 fully saturated rings. The van der Waals surface area contributed by atoms with Crippen LogP contribution in [0.5, 0.6) is 0 Å². The van der Waals surface area contributed by atoms with Gasteiger partial charge in [0.15, 0.2) is 6.23 Å². The predicted molar refractivity (Wildman–Crippen MR) is 126 cm³/mol. The summed E-state index contributed by atoms with van der Waals surface area (Å²) in [5, 5.41) is 3.07. The number of methoxy groups -OCH3 is 1. The van der Waals surface area contributed by atoms with Crippen LogP contribution in [0.2, 0.25) is 0 Å². The minimum atomic E-state index is -4.46. The van der Waals surface area contributed by atoms with E-state index in [0.29, 0.717) is 23.4 Å². The van der Waals surface area contributed by atoms with Gasteiger partial charge in [-0.05, 0) is 56.4 Å². The first-order chi connectivity index (χ1) is 16.0. The number of nitrogen functional groups attached to an aromatic ring is 1. The Morgan fingerprint density at radius 2 is 1.79 bits per heavy atom. The molecule has 1 atom stereocenters. The second-order valence-corrected chi connectivity index (χ2v) is 8.07. The van der Waals surface area contributed by atoms with Crippen LogP contribution in [0.4, 0.5) is 24.8 Å². The van der Waals surface area contributed by atoms with Gasteiger partial charge in [-0.1, -0.05) is 24.0 Å². The van der Waals surface area contributed by atoms with E-state index in [0.717, 1.165) is 28.8 Å². The molecule has 0 aliphatic carbocycles. The number of rotatable bonds is 6.